The zero-order valence-electron chi connectivity index (χ0n) is 15.5. The number of nitrogens with zero attached hydrogens (tertiary/aromatic N) is 3. The van der Waals surface area contributed by atoms with Crippen molar-refractivity contribution in [2.45, 2.75) is 13.3 Å². The van der Waals surface area contributed by atoms with Crippen molar-refractivity contribution in [3.8, 4) is 17.1 Å². The van der Waals surface area contributed by atoms with E-state index < -0.39 is 0 Å². The second kappa shape index (κ2) is 7.92. The topological polar surface area (TPSA) is 68.5 Å². The summed E-state index contributed by atoms with van der Waals surface area (Å²) >= 11 is 0. The molecule has 0 saturated carbocycles. The van der Waals surface area contributed by atoms with Crippen LogP contribution in [0, 0.1) is 0 Å². The molecule has 0 aliphatic heterocycles. The van der Waals surface area contributed by atoms with E-state index in [1.165, 1.54) is 5.56 Å². The van der Waals surface area contributed by atoms with Crippen molar-refractivity contribution in [3.05, 3.63) is 78.5 Å². The third kappa shape index (κ3) is 3.86. The van der Waals surface area contributed by atoms with Crippen LogP contribution in [0.5, 0.6) is 5.75 Å². The Morgan fingerprint density at radius 1 is 1.04 bits per heavy atom. The van der Waals surface area contributed by atoms with E-state index in [1.54, 1.807) is 0 Å². The minimum absolute atomic E-state index is 0.0520. The largest absolute Gasteiger partial charge is 0.484 e. The molecule has 6 heteroatoms. The Kier molecular flexibility index (Phi) is 5.01. The molecule has 0 radical (unpaired) electrons. The maximum absolute atomic E-state index is 12.2. The van der Waals surface area contributed by atoms with Crippen LogP contribution in [0.1, 0.15) is 12.5 Å². The van der Waals surface area contributed by atoms with Crippen molar-refractivity contribution >= 4 is 17.2 Å². The number of ether oxygens (including phenoxy) is 1. The lowest BCUT2D eigenvalue weighted by molar-refractivity contribution is -0.118. The molecule has 2 aromatic carbocycles. The van der Waals surface area contributed by atoms with Crippen LogP contribution in [0.15, 0.2) is 72.9 Å². The molecule has 0 bridgehead atoms. The summed E-state index contributed by atoms with van der Waals surface area (Å²) < 4.78 is 7.47. The molecule has 0 aliphatic rings. The molecule has 6 nitrogen and oxygen atoms in total. The minimum atomic E-state index is -0.220. The fourth-order valence-corrected chi connectivity index (χ4v) is 2.94. The van der Waals surface area contributed by atoms with Gasteiger partial charge in [-0.3, -0.25) is 9.20 Å². The zero-order chi connectivity index (χ0) is 19.3. The number of carbonyl (C=O) groups excluding carboxylic acids is 1. The molecule has 0 saturated heterocycles. The van der Waals surface area contributed by atoms with E-state index in [-0.39, 0.29) is 12.5 Å². The number of aromatic nitrogens is 3. The lowest BCUT2D eigenvalue weighted by atomic mass is 10.2. The molecule has 28 heavy (non-hydrogen) atoms. The van der Waals surface area contributed by atoms with Crippen molar-refractivity contribution in [3.63, 3.8) is 0 Å². The number of anilines is 1. The number of amides is 1. The van der Waals surface area contributed by atoms with Crippen LogP contribution in [0.3, 0.4) is 0 Å². The summed E-state index contributed by atoms with van der Waals surface area (Å²) in [5.41, 5.74) is 3.55. The Morgan fingerprint density at radius 3 is 2.71 bits per heavy atom. The fraction of sp³-hybridized carbons (Fsp3) is 0.136. The van der Waals surface area contributed by atoms with Crippen LogP contribution in [0.2, 0.25) is 0 Å². The van der Waals surface area contributed by atoms with Crippen molar-refractivity contribution in [1.29, 1.82) is 0 Å². The van der Waals surface area contributed by atoms with Crippen LogP contribution in [-0.2, 0) is 11.2 Å². The lowest BCUT2D eigenvalue weighted by Crippen LogP contribution is -2.20. The summed E-state index contributed by atoms with van der Waals surface area (Å²) in [6.07, 6.45) is 2.88. The molecule has 0 unspecified atom stereocenters. The number of hydrogen-bond acceptors (Lipinski definition) is 4. The number of pyridine rings is 1. The first-order chi connectivity index (χ1) is 13.7. The number of hydrogen-bond donors (Lipinski definition) is 1. The summed E-state index contributed by atoms with van der Waals surface area (Å²) in [6.45, 7) is 2.04. The van der Waals surface area contributed by atoms with Gasteiger partial charge in [-0.25, -0.2) is 0 Å². The fourth-order valence-electron chi connectivity index (χ4n) is 2.94. The maximum Gasteiger partial charge on any atom is 0.262 e. The third-order valence-electron chi connectivity index (χ3n) is 4.42. The van der Waals surface area contributed by atoms with Crippen molar-refractivity contribution in [2.75, 3.05) is 11.9 Å². The van der Waals surface area contributed by atoms with E-state index in [2.05, 4.69) is 22.4 Å². The van der Waals surface area contributed by atoms with Gasteiger partial charge in [0.2, 0.25) is 0 Å². The summed E-state index contributed by atoms with van der Waals surface area (Å²) in [6, 6.07) is 21.0. The van der Waals surface area contributed by atoms with E-state index in [4.69, 9.17) is 4.74 Å². The van der Waals surface area contributed by atoms with Crippen molar-refractivity contribution < 1.29 is 9.53 Å². The predicted molar refractivity (Wildman–Crippen MR) is 108 cm³/mol. The van der Waals surface area contributed by atoms with Crippen LogP contribution >= 0.6 is 0 Å². The molecule has 0 atom stereocenters. The van der Waals surface area contributed by atoms with Crippen LogP contribution < -0.4 is 10.1 Å². The summed E-state index contributed by atoms with van der Waals surface area (Å²) in [7, 11) is 0. The number of aryl methyl sites for hydroxylation is 1. The standard InChI is InChI=1S/C22H20N4O2/c1-2-16-9-11-19(12-10-16)28-15-21(27)23-18-7-5-6-17(14-18)22-25-24-20-8-3-4-13-26(20)22/h3-14H,2,15H2,1H3,(H,23,27). The molecule has 0 aliphatic carbocycles. The van der Waals surface area contributed by atoms with Gasteiger partial charge in [-0.1, -0.05) is 37.3 Å². The first kappa shape index (κ1) is 17.7. The molecule has 1 amide bonds. The number of fused-ring (bicyclic) bond motifs is 1. The Balaban J connectivity index is 1.43. The van der Waals surface area contributed by atoms with Crippen molar-refractivity contribution in [2.24, 2.45) is 0 Å². The molecule has 4 aromatic rings. The Labute approximate surface area is 162 Å². The lowest BCUT2D eigenvalue weighted by Gasteiger charge is -2.09. The number of carbonyl (C=O) groups is 1. The SMILES string of the molecule is CCc1ccc(OCC(=O)Nc2cccc(-c3nnc4ccccn34)c2)cc1. The van der Waals surface area contributed by atoms with Crippen LogP contribution in [0.4, 0.5) is 5.69 Å². The third-order valence-corrected chi connectivity index (χ3v) is 4.42. The molecular weight excluding hydrogens is 352 g/mol. The second-order valence-corrected chi connectivity index (χ2v) is 6.37. The Hall–Kier alpha value is -3.67. The predicted octanol–water partition coefficient (Wildman–Crippen LogP) is 3.98. The van der Waals surface area contributed by atoms with E-state index in [9.17, 15) is 4.79 Å². The van der Waals surface area contributed by atoms with Crippen LogP contribution in [-0.4, -0.2) is 27.1 Å². The maximum atomic E-state index is 12.2. The van der Waals surface area contributed by atoms with Crippen molar-refractivity contribution in [1.82, 2.24) is 14.6 Å². The van der Waals surface area contributed by atoms with Gasteiger partial charge in [0.15, 0.2) is 18.1 Å². The molecular formula is C22H20N4O2. The highest BCUT2D eigenvalue weighted by molar-refractivity contribution is 5.92. The molecule has 4 rings (SSSR count). The smallest absolute Gasteiger partial charge is 0.262 e. The van der Waals surface area contributed by atoms with Gasteiger partial charge in [-0.05, 0) is 48.4 Å². The van der Waals surface area contributed by atoms with Gasteiger partial charge in [-0.2, -0.15) is 0 Å². The quantitative estimate of drug-likeness (QED) is 0.556. The average Bonchev–Trinajstić information content (AvgIpc) is 3.17. The van der Waals surface area contributed by atoms with E-state index in [0.717, 1.165) is 23.5 Å². The molecule has 2 heterocycles. The highest BCUT2D eigenvalue weighted by Crippen LogP contribution is 2.22. The Morgan fingerprint density at radius 2 is 1.89 bits per heavy atom. The Bertz CT molecular complexity index is 1100. The van der Waals surface area contributed by atoms with Gasteiger partial charge in [0.1, 0.15) is 5.75 Å². The highest BCUT2D eigenvalue weighted by Gasteiger charge is 2.09. The van der Waals surface area contributed by atoms with E-state index >= 15 is 0 Å². The molecule has 0 fully saturated rings. The van der Waals surface area contributed by atoms with E-state index in [0.29, 0.717) is 11.4 Å². The summed E-state index contributed by atoms with van der Waals surface area (Å²) in [4.78, 5) is 12.2. The van der Waals surface area contributed by atoms with Gasteiger partial charge in [-0.15, -0.1) is 10.2 Å². The molecule has 2 aromatic heterocycles. The van der Waals surface area contributed by atoms with Gasteiger partial charge < -0.3 is 10.1 Å². The van der Waals surface area contributed by atoms with Gasteiger partial charge >= 0.3 is 0 Å². The number of rotatable bonds is 6. The van der Waals surface area contributed by atoms with Gasteiger partial charge in [0.05, 0.1) is 0 Å². The monoisotopic (exact) mass is 372 g/mol. The molecule has 140 valence electrons. The first-order valence-corrected chi connectivity index (χ1v) is 9.15. The summed E-state index contributed by atoms with van der Waals surface area (Å²) in [5, 5.41) is 11.3. The zero-order valence-corrected chi connectivity index (χ0v) is 15.5. The van der Waals surface area contributed by atoms with E-state index in [1.807, 2.05) is 77.3 Å². The average molecular weight is 372 g/mol. The van der Waals surface area contributed by atoms with Crippen LogP contribution in [0.25, 0.3) is 17.0 Å². The minimum Gasteiger partial charge on any atom is -0.484 e. The first-order valence-electron chi connectivity index (χ1n) is 9.15. The molecule has 0 spiro atoms. The van der Waals surface area contributed by atoms with Gasteiger partial charge in [0, 0.05) is 17.4 Å². The second-order valence-electron chi connectivity index (χ2n) is 6.37. The highest BCUT2D eigenvalue weighted by atomic mass is 16.5. The molecule has 1 N–H and O–H groups in total. The number of nitrogens with one attached hydrogen (secondary N) is 1. The number of benzene rings is 2. The summed E-state index contributed by atoms with van der Waals surface area (Å²) in [5.74, 6) is 1.18. The normalized spacial score (nSPS) is 10.8. The van der Waals surface area contributed by atoms with Gasteiger partial charge in [0.25, 0.3) is 5.91 Å².